The molecule has 1 saturated carbocycles. The number of esters is 1. The lowest BCUT2D eigenvalue weighted by Gasteiger charge is -2.35. The van der Waals surface area contributed by atoms with Gasteiger partial charge in [0.05, 0.1) is 17.3 Å². The fourth-order valence-corrected chi connectivity index (χ4v) is 4.85. The molecule has 1 aliphatic carbocycles. The zero-order chi connectivity index (χ0) is 21.3. The number of rotatable bonds is 5. The number of thioether (sulfide) groups is 1. The fourth-order valence-electron chi connectivity index (χ4n) is 4.44. The molecule has 7 nitrogen and oxygen atoms in total. The van der Waals surface area contributed by atoms with Crippen molar-refractivity contribution >= 4 is 29.7 Å². The summed E-state index contributed by atoms with van der Waals surface area (Å²) in [7, 11) is 1.81. The topological polar surface area (TPSA) is 79.0 Å². The molecule has 1 aromatic rings. The van der Waals surface area contributed by atoms with E-state index in [4.69, 9.17) is 4.74 Å². The summed E-state index contributed by atoms with van der Waals surface area (Å²) < 4.78 is 5.26. The van der Waals surface area contributed by atoms with Crippen molar-refractivity contribution in [2.45, 2.75) is 49.1 Å². The van der Waals surface area contributed by atoms with E-state index in [1.807, 2.05) is 37.6 Å². The van der Waals surface area contributed by atoms with Crippen LogP contribution in [0.25, 0.3) is 0 Å². The number of likely N-dealkylation sites (N-methyl/N-ethyl adjacent to an activating group) is 1. The molecule has 1 fully saturated rings. The molecule has 1 atom stereocenters. The minimum Gasteiger partial charge on any atom is -0.456 e. The van der Waals surface area contributed by atoms with Crippen LogP contribution in [-0.4, -0.2) is 60.2 Å². The molecule has 0 bridgehead atoms. The summed E-state index contributed by atoms with van der Waals surface area (Å²) in [5.41, 5.74) is 1.73. The van der Waals surface area contributed by atoms with Crippen LogP contribution in [-0.2, 0) is 14.3 Å². The van der Waals surface area contributed by atoms with E-state index in [-0.39, 0.29) is 31.1 Å². The maximum Gasteiger partial charge on any atom is 0.338 e. The minimum atomic E-state index is -0.569. The highest BCUT2D eigenvalue weighted by molar-refractivity contribution is 7.98. The average Bonchev–Trinajstić information content (AvgIpc) is 3.17. The van der Waals surface area contributed by atoms with E-state index in [1.54, 1.807) is 16.7 Å². The van der Waals surface area contributed by atoms with E-state index in [2.05, 4.69) is 5.32 Å². The van der Waals surface area contributed by atoms with Gasteiger partial charge in [0.15, 0.2) is 0 Å². The van der Waals surface area contributed by atoms with Crippen molar-refractivity contribution in [3.05, 3.63) is 41.1 Å². The van der Waals surface area contributed by atoms with E-state index in [0.717, 1.165) is 36.1 Å². The van der Waals surface area contributed by atoms with Crippen molar-refractivity contribution < 1.29 is 19.1 Å². The van der Waals surface area contributed by atoms with E-state index < -0.39 is 12.0 Å². The third-order valence-corrected chi connectivity index (χ3v) is 7.00. The third-order valence-electron chi connectivity index (χ3n) is 6.26. The molecule has 2 aliphatic heterocycles. The second kappa shape index (κ2) is 8.71. The smallest absolute Gasteiger partial charge is 0.338 e. The van der Waals surface area contributed by atoms with Crippen LogP contribution in [0.1, 0.15) is 43.7 Å². The number of hydrogen-bond acceptors (Lipinski definition) is 5. The number of urea groups is 1. The maximum atomic E-state index is 12.9. The molecule has 30 heavy (non-hydrogen) atoms. The molecule has 0 radical (unpaired) electrons. The molecular weight excluding hydrogens is 402 g/mol. The quantitative estimate of drug-likeness (QED) is 0.575. The monoisotopic (exact) mass is 429 g/mol. The number of benzene rings is 1. The zero-order valence-corrected chi connectivity index (χ0v) is 18.2. The van der Waals surface area contributed by atoms with Crippen LogP contribution in [0.15, 0.2) is 40.4 Å². The molecule has 0 aromatic heterocycles. The number of hydrogen-bond donors (Lipinski definition) is 1. The van der Waals surface area contributed by atoms with Crippen molar-refractivity contribution in [3.63, 3.8) is 0 Å². The number of nitrogens with zero attached hydrogens (tertiary/aromatic N) is 2. The number of nitrogens with one attached hydrogen (secondary N) is 1. The van der Waals surface area contributed by atoms with E-state index in [1.165, 1.54) is 11.3 Å². The Hall–Kier alpha value is -2.48. The van der Waals surface area contributed by atoms with Crippen LogP contribution in [0.3, 0.4) is 0 Å². The molecule has 0 spiro atoms. The number of cyclic esters (lactones) is 1. The van der Waals surface area contributed by atoms with Gasteiger partial charge in [-0.1, -0.05) is 31.4 Å². The van der Waals surface area contributed by atoms with Crippen molar-refractivity contribution in [1.82, 2.24) is 15.1 Å². The first-order valence-electron chi connectivity index (χ1n) is 10.4. The second-order valence-electron chi connectivity index (χ2n) is 7.97. The Kier molecular flexibility index (Phi) is 6.04. The first kappa shape index (κ1) is 20.8. The normalized spacial score (nSPS) is 21.9. The van der Waals surface area contributed by atoms with Gasteiger partial charge < -0.3 is 15.0 Å². The molecule has 1 unspecified atom stereocenters. The van der Waals surface area contributed by atoms with Crippen LogP contribution in [0.4, 0.5) is 4.79 Å². The van der Waals surface area contributed by atoms with E-state index >= 15 is 0 Å². The highest BCUT2D eigenvalue weighted by atomic mass is 32.2. The summed E-state index contributed by atoms with van der Waals surface area (Å²) >= 11 is 1.62. The first-order valence-corrected chi connectivity index (χ1v) is 11.6. The van der Waals surface area contributed by atoms with Gasteiger partial charge in [-0.3, -0.25) is 9.69 Å². The molecule has 2 heterocycles. The molecule has 4 rings (SSSR count). The van der Waals surface area contributed by atoms with Gasteiger partial charge >= 0.3 is 12.0 Å². The largest absolute Gasteiger partial charge is 0.456 e. The Balaban J connectivity index is 1.56. The Morgan fingerprint density at radius 3 is 2.57 bits per heavy atom. The number of carbonyl (C=O) groups excluding carboxylic acids is 3. The van der Waals surface area contributed by atoms with Gasteiger partial charge in [0.2, 0.25) is 5.91 Å². The van der Waals surface area contributed by atoms with Gasteiger partial charge in [-0.25, -0.2) is 9.59 Å². The van der Waals surface area contributed by atoms with Gasteiger partial charge in [-0.2, -0.15) is 0 Å². The fraction of sp³-hybridized carbons (Fsp3) is 0.500. The Labute approximate surface area is 180 Å². The average molecular weight is 430 g/mol. The Morgan fingerprint density at radius 2 is 1.90 bits per heavy atom. The highest BCUT2D eigenvalue weighted by Gasteiger charge is 2.43. The summed E-state index contributed by atoms with van der Waals surface area (Å²) in [6.07, 6.45) is 7.45. The van der Waals surface area contributed by atoms with Gasteiger partial charge in [0.1, 0.15) is 13.2 Å². The lowest BCUT2D eigenvalue weighted by atomic mass is 9.94. The van der Waals surface area contributed by atoms with Crippen molar-refractivity contribution in [2.75, 3.05) is 26.5 Å². The number of amides is 3. The predicted molar refractivity (Wildman–Crippen MR) is 114 cm³/mol. The van der Waals surface area contributed by atoms with Crippen molar-refractivity contribution in [2.24, 2.45) is 0 Å². The Bertz CT molecular complexity index is 877. The summed E-state index contributed by atoms with van der Waals surface area (Å²) in [6, 6.07) is 7.01. The molecule has 1 N–H and O–H groups in total. The van der Waals surface area contributed by atoms with Gasteiger partial charge in [-0.05, 0) is 36.8 Å². The van der Waals surface area contributed by atoms with E-state index in [9.17, 15) is 14.4 Å². The van der Waals surface area contributed by atoms with Gasteiger partial charge in [-0.15, -0.1) is 11.8 Å². The van der Waals surface area contributed by atoms with E-state index in [0.29, 0.717) is 11.3 Å². The van der Waals surface area contributed by atoms with Crippen LogP contribution >= 0.6 is 11.8 Å². The number of ether oxygens (including phenoxy) is 1. The molecule has 3 aliphatic rings. The summed E-state index contributed by atoms with van der Waals surface area (Å²) in [5, 5.41) is 2.90. The van der Waals surface area contributed by atoms with Gasteiger partial charge in [0, 0.05) is 18.0 Å². The standard InChI is InChI=1S/C22H27N3O4S/c1-24(15-6-4-3-5-7-15)18(26)12-25-17-13-29-21(27)19(17)20(23-22(25)28)14-8-10-16(30-2)11-9-14/h8-11,15,20H,3-7,12-13H2,1-2H3,(H,23,28). The first-order chi connectivity index (χ1) is 14.5. The van der Waals surface area contributed by atoms with Crippen molar-refractivity contribution in [3.8, 4) is 0 Å². The molecular formula is C22H27N3O4S. The number of carbonyl (C=O) groups is 3. The zero-order valence-electron chi connectivity index (χ0n) is 17.3. The summed E-state index contributed by atoms with van der Waals surface area (Å²) in [4.78, 5) is 42.5. The molecule has 160 valence electrons. The molecule has 1 aromatic carbocycles. The third kappa shape index (κ3) is 3.93. The maximum absolute atomic E-state index is 12.9. The van der Waals surface area contributed by atoms with Crippen LogP contribution in [0, 0.1) is 0 Å². The molecule has 3 amide bonds. The summed E-state index contributed by atoms with van der Waals surface area (Å²) in [6.45, 7) is -0.0756. The SMILES string of the molecule is CSc1ccc(C2NC(=O)N(CC(=O)N(C)C3CCCCC3)C3=C2C(=O)OC3)cc1. The highest BCUT2D eigenvalue weighted by Crippen LogP contribution is 2.35. The second-order valence-corrected chi connectivity index (χ2v) is 8.85. The van der Waals surface area contributed by atoms with Crippen molar-refractivity contribution in [1.29, 1.82) is 0 Å². The lowest BCUT2D eigenvalue weighted by molar-refractivity contribution is -0.136. The minimum absolute atomic E-state index is 0.0153. The molecule has 0 saturated heterocycles. The Morgan fingerprint density at radius 1 is 1.20 bits per heavy atom. The van der Waals surface area contributed by atoms with Gasteiger partial charge in [0.25, 0.3) is 0 Å². The van der Waals surface area contributed by atoms with Crippen LogP contribution in [0.5, 0.6) is 0 Å². The van der Waals surface area contributed by atoms with Crippen LogP contribution in [0.2, 0.25) is 0 Å². The lowest BCUT2D eigenvalue weighted by Crippen LogP contribution is -2.51. The molecule has 8 heteroatoms. The summed E-state index contributed by atoms with van der Waals surface area (Å²) in [5.74, 6) is -0.562. The van der Waals surface area contributed by atoms with Crippen LogP contribution < -0.4 is 5.32 Å². The predicted octanol–water partition coefficient (Wildman–Crippen LogP) is 3.08.